The molecule has 1 aliphatic rings. The number of nitrogens with zero attached hydrogens (tertiary/aromatic N) is 1. The van der Waals surface area contributed by atoms with E-state index in [4.69, 9.17) is 10.5 Å². The van der Waals surface area contributed by atoms with E-state index in [2.05, 4.69) is 0 Å². The van der Waals surface area contributed by atoms with Crippen molar-refractivity contribution in [3.05, 3.63) is 23.8 Å². The molecule has 2 rings (SSSR count). The van der Waals surface area contributed by atoms with Gasteiger partial charge in [-0.05, 0) is 26.0 Å². The normalized spacial score (nSPS) is 20.0. The number of anilines is 1. The third-order valence-corrected chi connectivity index (χ3v) is 5.26. The quantitative estimate of drug-likeness (QED) is 0.837. The van der Waals surface area contributed by atoms with Crippen molar-refractivity contribution in [3.63, 3.8) is 0 Å². The Kier molecular flexibility index (Phi) is 3.74. The number of rotatable bonds is 2. The van der Waals surface area contributed by atoms with Gasteiger partial charge in [-0.15, -0.1) is 0 Å². The first-order chi connectivity index (χ1) is 9.16. The second-order valence-corrected chi connectivity index (χ2v) is 7.09. The molecule has 0 aromatic heterocycles. The number of morpholine rings is 1. The van der Waals surface area contributed by atoms with Gasteiger partial charge in [0.25, 0.3) is 0 Å². The fraction of sp³-hybridized carbons (Fsp3) is 0.500. The van der Waals surface area contributed by atoms with Gasteiger partial charge in [0, 0.05) is 12.2 Å². The summed E-state index contributed by atoms with van der Waals surface area (Å²) >= 11 is 0. The van der Waals surface area contributed by atoms with Crippen LogP contribution in [0.25, 0.3) is 0 Å². The predicted octanol–water partition coefficient (Wildman–Crippen LogP) is 1.35. The van der Waals surface area contributed by atoms with Crippen molar-refractivity contribution in [1.82, 2.24) is 4.31 Å². The molecule has 0 atom stereocenters. The monoisotopic (exact) mass is 306 g/mol. The lowest BCUT2D eigenvalue weighted by Crippen LogP contribution is -2.55. The van der Waals surface area contributed by atoms with Gasteiger partial charge in [0.2, 0.25) is 10.0 Å². The fourth-order valence-corrected chi connectivity index (χ4v) is 4.04. The molecule has 5 nitrogen and oxygen atoms in total. The van der Waals surface area contributed by atoms with Crippen LogP contribution in [-0.2, 0) is 14.8 Å². The van der Waals surface area contributed by atoms with E-state index in [1.807, 2.05) is 0 Å². The lowest BCUT2D eigenvalue weighted by Gasteiger charge is -2.40. The number of sulfonamides is 1. The average molecular weight is 306 g/mol. The standard InChI is InChI=1S/C12H16F2N2O3S/c1-12(2)7-19-4-3-16(12)20(17,18)10-6-8(15)5-9(13)11(10)14/h5-6H,3-4,7,15H2,1-2H3. The van der Waals surface area contributed by atoms with Gasteiger partial charge in [0.1, 0.15) is 4.90 Å². The molecule has 0 bridgehead atoms. The van der Waals surface area contributed by atoms with Gasteiger partial charge in [-0.1, -0.05) is 0 Å². The molecule has 20 heavy (non-hydrogen) atoms. The summed E-state index contributed by atoms with van der Waals surface area (Å²) in [6, 6.07) is 1.68. The summed E-state index contributed by atoms with van der Waals surface area (Å²) in [4.78, 5) is -0.745. The second-order valence-electron chi connectivity index (χ2n) is 5.26. The Hall–Kier alpha value is -1.25. The van der Waals surface area contributed by atoms with E-state index in [-0.39, 0.29) is 25.4 Å². The molecule has 1 aromatic rings. The minimum atomic E-state index is -4.19. The van der Waals surface area contributed by atoms with Crippen LogP contribution in [-0.4, -0.2) is 38.0 Å². The number of benzene rings is 1. The van der Waals surface area contributed by atoms with E-state index < -0.39 is 32.1 Å². The Bertz CT molecular complexity index is 632. The number of hydrogen-bond acceptors (Lipinski definition) is 4. The largest absolute Gasteiger partial charge is 0.399 e. The molecule has 0 saturated carbocycles. The predicted molar refractivity (Wildman–Crippen MR) is 69.6 cm³/mol. The molecule has 1 heterocycles. The molecule has 1 aliphatic heterocycles. The summed E-state index contributed by atoms with van der Waals surface area (Å²) in [5.41, 5.74) is 4.42. The molecule has 8 heteroatoms. The molecule has 0 amide bonds. The molecule has 112 valence electrons. The van der Waals surface area contributed by atoms with Gasteiger partial charge in [-0.25, -0.2) is 17.2 Å². The molecule has 1 fully saturated rings. The van der Waals surface area contributed by atoms with Crippen molar-refractivity contribution in [2.75, 3.05) is 25.5 Å². The molecule has 1 aromatic carbocycles. The first kappa shape index (κ1) is 15.1. The van der Waals surface area contributed by atoms with E-state index in [9.17, 15) is 17.2 Å². The Morgan fingerprint density at radius 3 is 2.60 bits per heavy atom. The zero-order valence-electron chi connectivity index (χ0n) is 11.2. The van der Waals surface area contributed by atoms with E-state index in [0.29, 0.717) is 0 Å². The van der Waals surface area contributed by atoms with Crippen LogP contribution < -0.4 is 5.73 Å². The van der Waals surface area contributed by atoms with Crippen molar-refractivity contribution >= 4 is 15.7 Å². The summed E-state index contributed by atoms with van der Waals surface area (Å²) in [5.74, 6) is -2.70. The van der Waals surface area contributed by atoms with Crippen molar-refractivity contribution in [1.29, 1.82) is 0 Å². The highest BCUT2D eigenvalue weighted by Crippen LogP contribution is 2.30. The molecule has 0 unspecified atom stereocenters. The second kappa shape index (κ2) is 4.94. The van der Waals surface area contributed by atoms with E-state index in [1.54, 1.807) is 13.8 Å². The maximum atomic E-state index is 13.8. The summed E-state index contributed by atoms with van der Waals surface area (Å²) in [6.45, 7) is 3.77. The van der Waals surface area contributed by atoms with Crippen molar-refractivity contribution in [2.24, 2.45) is 0 Å². The third kappa shape index (κ3) is 2.50. The van der Waals surface area contributed by atoms with Gasteiger partial charge in [-0.3, -0.25) is 0 Å². The fourth-order valence-electron chi connectivity index (χ4n) is 2.18. The smallest absolute Gasteiger partial charge is 0.246 e. The highest BCUT2D eigenvalue weighted by Gasteiger charge is 2.41. The zero-order chi connectivity index (χ0) is 15.1. The lowest BCUT2D eigenvalue weighted by atomic mass is 10.1. The first-order valence-electron chi connectivity index (χ1n) is 6.01. The van der Waals surface area contributed by atoms with Crippen molar-refractivity contribution in [2.45, 2.75) is 24.3 Å². The van der Waals surface area contributed by atoms with Crippen LogP contribution >= 0.6 is 0 Å². The Labute approximate surface area is 116 Å². The van der Waals surface area contributed by atoms with Crippen LogP contribution in [0.4, 0.5) is 14.5 Å². The third-order valence-electron chi connectivity index (χ3n) is 3.15. The van der Waals surface area contributed by atoms with Crippen LogP contribution in [0.5, 0.6) is 0 Å². The maximum absolute atomic E-state index is 13.8. The van der Waals surface area contributed by atoms with Crippen LogP contribution in [0.15, 0.2) is 17.0 Å². The summed E-state index contributed by atoms with van der Waals surface area (Å²) < 4.78 is 58.6. The van der Waals surface area contributed by atoms with E-state index in [0.717, 1.165) is 16.4 Å². The Morgan fingerprint density at radius 1 is 1.35 bits per heavy atom. The van der Waals surface area contributed by atoms with Crippen LogP contribution in [0, 0.1) is 11.6 Å². The molecule has 1 saturated heterocycles. The Morgan fingerprint density at radius 2 is 2.00 bits per heavy atom. The number of halogens is 2. The SMILES string of the molecule is CC1(C)COCCN1S(=O)(=O)c1cc(N)cc(F)c1F. The summed E-state index contributed by atoms with van der Waals surface area (Å²) in [6.07, 6.45) is 0. The summed E-state index contributed by atoms with van der Waals surface area (Å²) in [5, 5.41) is 0. The number of nitrogens with two attached hydrogens (primary N) is 1. The highest BCUT2D eigenvalue weighted by atomic mass is 32.2. The molecule has 0 aliphatic carbocycles. The van der Waals surface area contributed by atoms with Crippen LogP contribution in [0.2, 0.25) is 0 Å². The lowest BCUT2D eigenvalue weighted by molar-refractivity contribution is -0.00780. The molecular weight excluding hydrogens is 290 g/mol. The minimum absolute atomic E-state index is 0.0746. The topological polar surface area (TPSA) is 72.6 Å². The van der Waals surface area contributed by atoms with Crippen LogP contribution in [0.3, 0.4) is 0 Å². The Balaban J connectivity index is 2.56. The molecule has 0 spiro atoms. The molecule has 2 N–H and O–H groups in total. The van der Waals surface area contributed by atoms with Crippen molar-refractivity contribution < 1.29 is 21.9 Å². The summed E-state index contributed by atoms with van der Waals surface area (Å²) in [7, 11) is -4.19. The zero-order valence-corrected chi connectivity index (χ0v) is 12.0. The number of hydrogen-bond donors (Lipinski definition) is 1. The molecule has 0 radical (unpaired) electrons. The number of nitrogen functional groups attached to an aromatic ring is 1. The van der Waals surface area contributed by atoms with Gasteiger partial charge in [-0.2, -0.15) is 4.31 Å². The molecular formula is C12H16F2N2O3S. The van der Waals surface area contributed by atoms with E-state index in [1.165, 1.54) is 0 Å². The minimum Gasteiger partial charge on any atom is -0.399 e. The highest BCUT2D eigenvalue weighted by molar-refractivity contribution is 7.89. The number of ether oxygens (including phenoxy) is 1. The average Bonchev–Trinajstić information content (AvgIpc) is 2.32. The van der Waals surface area contributed by atoms with Gasteiger partial charge < -0.3 is 10.5 Å². The van der Waals surface area contributed by atoms with Gasteiger partial charge >= 0.3 is 0 Å². The first-order valence-corrected chi connectivity index (χ1v) is 7.45. The maximum Gasteiger partial charge on any atom is 0.246 e. The van der Waals surface area contributed by atoms with Gasteiger partial charge in [0.05, 0.1) is 18.8 Å². The van der Waals surface area contributed by atoms with Gasteiger partial charge in [0.15, 0.2) is 11.6 Å². The van der Waals surface area contributed by atoms with Crippen molar-refractivity contribution in [3.8, 4) is 0 Å². The van der Waals surface area contributed by atoms with E-state index >= 15 is 0 Å². The van der Waals surface area contributed by atoms with Crippen LogP contribution in [0.1, 0.15) is 13.8 Å².